The van der Waals surface area contributed by atoms with Crippen LogP contribution < -0.4 is 11.3 Å². The molecule has 0 fully saturated rings. The summed E-state index contributed by atoms with van der Waals surface area (Å²) in [6.45, 7) is 4.84. The molecular weight excluding hydrogens is 214 g/mol. The fraction of sp³-hybridized carbons (Fsp3) is 0.462. The van der Waals surface area contributed by atoms with Crippen molar-refractivity contribution in [2.24, 2.45) is 5.84 Å². The Labute approximate surface area is 103 Å². The minimum Gasteiger partial charge on any atom is -0.342 e. The first-order chi connectivity index (χ1) is 8.10. The van der Waals surface area contributed by atoms with Crippen molar-refractivity contribution >= 4 is 11.6 Å². The Morgan fingerprint density at radius 2 is 2.18 bits per heavy atom. The fourth-order valence-electron chi connectivity index (χ4n) is 1.68. The van der Waals surface area contributed by atoms with E-state index in [-0.39, 0.29) is 5.91 Å². The molecule has 1 aromatic carbocycles. The molecule has 0 atom stereocenters. The highest BCUT2D eigenvalue weighted by Gasteiger charge is 2.11. The number of unbranched alkanes of at least 4 members (excludes halogenated alkanes) is 1. The number of nitrogens with two attached hydrogens (primary N) is 1. The maximum Gasteiger partial charge on any atom is 0.253 e. The van der Waals surface area contributed by atoms with Crippen molar-refractivity contribution in [3.63, 3.8) is 0 Å². The van der Waals surface area contributed by atoms with E-state index in [0.29, 0.717) is 5.56 Å². The summed E-state index contributed by atoms with van der Waals surface area (Å²) in [5.41, 5.74) is 5.13. The Bertz CT molecular complexity index is 390. The highest BCUT2D eigenvalue weighted by Crippen LogP contribution is 2.16. The molecule has 0 radical (unpaired) electrons. The Balaban J connectivity index is 2.78. The highest BCUT2D eigenvalue weighted by atomic mass is 16.2. The molecule has 0 saturated heterocycles. The van der Waals surface area contributed by atoms with Crippen LogP contribution in [0.1, 0.15) is 35.7 Å². The molecule has 4 nitrogen and oxygen atoms in total. The lowest BCUT2D eigenvalue weighted by molar-refractivity contribution is 0.0793. The maximum atomic E-state index is 12.1. The second kappa shape index (κ2) is 6.25. The van der Waals surface area contributed by atoms with Gasteiger partial charge in [0.25, 0.3) is 5.91 Å². The zero-order valence-electron chi connectivity index (χ0n) is 10.8. The van der Waals surface area contributed by atoms with Gasteiger partial charge in [0.05, 0.1) is 5.69 Å². The zero-order valence-corrected chi connectivity index (χ0v) is 10.8. The standard InChI is InChI=1S/C13H21N3O/c1-4-5-8-16(3)13(17)11-6-7-12(15-14)10(2)9-11/h6-7,9,15H,4-5,8,14H2,1-3H3. The van der Waals surface area contributed by atoms with E-state index in [0.717, 1.165) is 30.6 Å². The predicted molar refractivity (Wildman–Crippen MR) is 70.9 cm³/mol. The first kappa shape index (κ1) is 13.5. The number of hydrogen-bond acceptors (Lipinski definition) is 3. The molecule has 0 bridgehead atoms. The van der Waals surface area contributed by atoms with Crippen LogP contribution in [0.3, 0.4) is 0 Å². The molecule has 0 heterocycles. The summed E-state index contributed by atoms with van der Waals surface area (Å²) in [4.78, 5) is 13.8. The number of amides is 1. The van der Waals surface area contributed by atoms with Crippen molar-refractivity contribution in [2.45, 2.75) is 26.7 Å². The molecule has 94 valence electrons. The molecule has 0 aliphatic carbocycles. The summed E-state index contributed by atoms with van der Waals surface area (Å²) in [5, 5.41) is 0. The number of aryl methyl sites for hydroxylation is 1. The third kappa shape index (κ3) is 3.46. The van der Waals surface area contributed by atoms with E-state index >= 15 is 0 Å². The van der Waals surface area contributed by atoms with Crippen LogP contribution in [-0.2, 0) is 0 Å². The first-order valence-corrected chi connectivity index (χ1v) is 5.92. The van der Waals surface area contributed by atoms with Crippen LogP contribution >= 0.6 is 0 Å². The van der Waals surface area contributed by atoms with Gasteiger partial charge in [-0.05, 0) is 37.1 Å². The molecule has 17 heavy (non-hydrogen) atoms. The number of carbonyl (C=O) groups is 1. The van der Waals surface area contributed by atoms with E-state index in [1.807, 2.05) is 26.1 Å². The van der Waals surface area contributed by atoms with Crippen LogP contribution in [0.4, 0.5) is 5.69 Å². The molecule has 1 aromatic rings. The number of nitrogens with one attached hydrogen (secondary N) is 1. The molecule has 0 saturated carbocycles. The molecule has 0 unspecified atom stereocenters. The summed E-state index contributed by atoms with van der Waals surface area (Å²) in [6, 6.07) is 5.49. The lowest BCUT2D eigenvalue weighted by atomic mass is 10.1. The van der Waals surface area contributed by atoms with Crippen molar-refractivity contribution in [1.82, 2.24) is 4.90 Å². The molecule has 4 heteroatoms. The summed E-state index contributed by atoms with van der Waals surface area (Å²) in [6.07, 6.45) is 2.12. The Morgan fingerprint density at radius 1 is 1.47 bits per heavy atom. The third-order valence-electron chi connectivity index (χ3n) is 2.82. The largest absolute Gasteiger partial charge is 0.342 e. The van der Waals surface area contributed by atoms with Gasteiger partial charge in [0.2, 0.25) is 0 Å². The molecule has 0 aliphatic rings. The van der Waals surface area contributed by atoms with Gasteiger partial charge in [-0.3, -0.25) is 10.6 Å². The number of benzene rings is 1. The topological polar surface area (TPSA) is 58.4 Å². The van der Waals surface area contributed by atoms with Crippen LogP contribution in [0.2, 0.25) is 0 Å². The predicted octanol–water partition coefficient (Wildman–Crippen LogP) is 2.15. The van der Waals surface area contributed by atoms with Crippen LogP contribution in [0.5, 0.6) is 0 Å². The van der Waals surface area contributed by atoms with Crippen molar-refractivity contribution in [3.8, 4) is 0 Å². The van der Waals surface area contributed by atoms with Crippen molar-refractivity contribution < 1.29 is 4.79 Å². The van der Waals surface area contributed by atoms with Crippen LogP contribution in [0.15, 0.2) is 18.2 Å². The van der Waals surface area contributed by atoms with E-state index in [4.69, 9.17) is 5.84 Å². The second-order valence-electron chi connectivity index (χ2n) is 4.25. The lowest BCUT2D eigenvalue weighted by Crippen LogP contribution is -2.27. The molecule has 3 N–H and O–H groups in total. The van der Waals surface area contributed by atoms with Gasteiger partial charge in [0.1, 0.15) is 0 Å². The third-order valence-corrected chi connectivity index (χ3v) is 2.82. The van der Waals surface area contributed by atoms with Gasteiger partial charge < -0.3 is 10.3 Å². The number of carbonyl (C=O) groups excluding carboxylic acids is 1. The number of nitrogens with zero attached hydrogens (tertiary/aromatic N) is 1. The molecule has 0 aliphatic heterocycles. The van der Waals surface area contributed by atoms with E-state index < -0.39 is 0 Å². The van der Waals surface area contributed by atoms with E-state index in [9.17, 15) is 4.79 Å². The van der Waals surface area contributed by atoms with E-state index in [2.05, 4.69) is 12.3 Å². The van der Waals surface area contributed by atoms with Gasteiger partial charge in [-0.25, -0.2) is 0 Å². The average molecular weight is 235 g/mol. The minimum absolute atomic E-state index is 0.0603. The summed E-state index contributed by atoms with van der Waals surface area (Å²) < 4.78 is 0. The molecule has 0 spiro atoms. The smallest absolute Gasteiger partial charge is 0.253 e. The Kier molecular flexibility index (Phi) is 4.97. The second-order valence-corrected chi connectivity index (χ2v) is 4.25. The SMILES string of the molecule is CCCCN(C)C(=O)c1ccc(NN)c(C)c1. The van der Waals surface area contributed by atoms with Gasteiger partial charge in [-0.15, -0.1) is 0 Å². The average Bonchev–Trinajstić information content (AvgIpc) is 2.34. The van der Waals surface area contributed by atoms with Gasteiger partial charge in [-0.2, -0.15) is 0 Å². The monoisotopic (exact) mass is 235 g/mol. The summed E-state index contributed by atoms with van der Waals surface area (Å²) in [5.74, 6) is 5.42. The first-order valence-electron chi connectivity index (χ1n) is 5.92. The number of nitrogen functional groups attached to an aromatic ring is 1. The van der Waals surface area contributed by atoms with Crippen molar-refractivity contribution in [3.05, 3.63) is 29.3 Å². The Hall–Kier alpha value is -1.55. The van der Waals surface area contributed by atoms with Crippen LogP contribution in [-0.4, -0.2) is 24.4 Å². The number of hydrogen-bond donors (Lipinski definition) is 2. The molecule has 1 rings (SSSR count). The summed E-state index contributed by atoms with van der Waals surface area (Å²) in [7, 11) is 1.84. The van der Waals surface area contributed by atoms with Gasteiger partial charge in [0, 0.05) is 19.2 Å². The zero-order chi connectivity index (χ0) is 12.8. The highest BCUT2D eigenvalue weighted by molar-refractivity contribution is 5.94. The summed E-state index contributed by atoms with van der Waals surface area (Å²) >= 11 is 0. The molecule has 1 amide bonds. The quantitative estimate of drug-likeness (QED) is 0.607. The van der Waals surface area contributed by atoms with Gasteiger partial charge in [-0.1, -0.05) is 13.3 Å². The normalized spacial score (nSPS) is 10.1. The fourth-order valence-corrected chi connectivity index (χ4v) is 1.68. The lowest BCUT2D eigenvalue weighted by Gasteiger charge is -2.17. The van der Waals surface area contributed by atoms with E-state index in [1.165, 1.54) is 0 Å². The number of anilines is 1. The number of rotatable bonds is 5. The van der Waals surface area contributed by atoms with Crippen LogP contribution in [0, 0.1) is 6.92 Å². The number of hydrazine groups is 1. The molecular formula is C13H21N3O. The van der Waals surface area contributed by atoms with Crippen molar-refractivity contribution in [1.29, 1.82) is 0 Å². The minimum atomic E-state index is 0.0603. The molecule has 0 aromatic heterocycles. The Morgan fingerprint density at radius 3 is 2.71 bits per heavy atom. The van der Waals surface area contributed by atoms with E-state index in [1.54, 1.807) is 11.0 Å². The van der Waals surface area contributed by atoms with Gasteiger partial charge >= 0.3 is 0 Å². The van der Waals surface area contributed by atoms with Gasteiger partial charge in [0.15, 0.2) is 0 Å². The van der Waals surface area contributed by atoms with Crippen molar-refractivity contribution in [2.75, 3.05) is 19.0 Å². The maximum absolute atomic E-state index is 12.1. The van der Waals surface area contributed by atoms with Crippen LogP contribution in [0.25, 0.3) is 0 Å².